The van der Waals surface area contributed by atoms with E-state index in [1.54, 1.807) is 6.20 Å². The number of nitrogen functional groups attached to an aromatic ring is 1. The Morgan fingerprint density at radius 3 is 2.59 bits per heavy atom. The summed E-state index contributed by atoms with van der Waals surface area (Å²) in [5, 5.41) is 4.10. The van der Waals surface area contributed by atoms with Crippen LogP contribution in [0.25, 0.3) is 0 Å². The normalized spacial score (nSPS) is 10.5. The van der Waals surface area contributed by atoms with Gasteiger partial charge in [-0.1, -0.05) is 0 Å². The van der Waals surface area contributed by atoms with Crippen molar-refractivity contribution in [1.82, 2.24) is 9.78 Å². The van der Waals surface area contributed by atoms with Gasteiger partial charge in [-0.3, -0.25) is 4.68 Å². The Hall–Kier alpha value is -1.01. The summed E-state index contributed by atoms with van der Waals surface area (Å²) < 4.78 is 9.18. The first kappa shape index (κ1) is 12.4. The van der Waals surface area contributed by atoms with E-state index in [0.717, 1.165) is 14.7 Å². The van der Waals surface area contributed by atoms with E-state index < -0.39 is 0 Å². The SMILES string of the molecule is Nc1cc(Br)c(OCCn2cccn2)c(Br)c1. The van der Waals surface area contributed by atoms with Crippen LogP contribution in [0.3, 0.4) is 0 Å². The molecule has 2 aromatic rings. The zero-order chi connectivity index (χ0) is 12.3. The molecular weight excluding hydrogens is 350 g/mol. The minimum atomic E-state index is 0.544. The summed E-state index contributed by atoms with van der Waals surface area (Å²) in [4.78, 5) is 0. The molecule has 0 amide bonds. The molecule has 0 atom stereocenters. The van der Waals surface area contributed by atoms with Crippen LogP contribution in [0.4, 0.5) is 5.69 Å². The van der Waals surface area contributed by atoms with E-state index in [1.165, 1.54) is 0 Å². The maximum atomic E-state index is 5.70. The van der Waals surface area contributed by atoms with E-state index in [1.807, 2.05) is 29.1 Å². The van der Waals surface area contributed by atoms with Gasteiger partial charge in [-0.15, -0.1) is 0 Å². The highest BCUT2D eigenvalue weighted by molar-refractivity contribution is 9.11. The highest BCUT2D eigenvalue weighted by Crippen LogP contribution is 2.35. The van der Waals surface area contributed by atoms with Crippen LogP contribution in [0.5, 0.6) is 5.75 Å². The molecular formula is C11H11Br2N3O. The lowest BCUT2D eigenvalue weighted by molar-refractivity contribution is 0.288. The second-order valence-corrected chi connectivity index (χ2v) is 5.14. The summed E-state index contributed by atoms with van der Waals surface area (Å²) in [6.45, 7) is 1.25. The number of benzene rings is 1. The van der Waals surface area contributed by atoms with E-state index in [4.69, 9.17) is 10.5 Å². The number of nitrogens with two attached hydrogens (primary N) is 1. The third-order valence-electron chi connectivity index (χ3n) is 2.15. The molecule has 0 saturated heterocycles. The van der Waals surface area contributed by atoms with Gasteiger partial charge in [0.25, 0.3) is 0 Å². The molecule has 0 bridgehead atoms. The number of ether oxygens (including phenoxy) is 1. The Morgan fingerprint density at radius 2 is 2.00 bits per heavy atom. The quantitative estimate of drug-likeness (QED) is 0.852. The third-order valence-corrected chi connectivity index (χ3v) is 3.32. The van der Waals surface area contributed by atoms with Crippen molar-refractivity contribution in [3.8, 4) is 5.75 Å². The zero-order valence-corrected chi connectivity index (χ0v) is 12.1. The molecule has 0 radical (unpaired) electrons. The molecule has 0 aliphatic carbocycles. The average Bonchev–Trinajstić information content (AvgIpc) is 2.74. The van der Waals surface area contributed by atoms with Crippen molar-refractivity contribution in [2.45, 2.75) is 6.54 Å². The number of aromatic nitrogens is 2. The van der Waals surface area contributed by atoms with E-state index in [-0.39, 0.29) is 0 Å². The number of hydrogen-bond donors (Lipinski definition) is 1. The lowest BCUT2D eigenvalue weighted by atomic mass is 10.3. The fourth-order valence-corrected chi connectivity index (χ4v) is 2.84. The lowest BCUT2D eigenvalue weighted by Crippen LogP contribution is -2.09. The molecule has 4 nitrogen and oxygen atoms in total. The van der Waals surface area contributed by atoms with Gasteiger partial charge in [0.15, 0.2) is 0 Å². The molecule has 17 heavy (non-hydrogen) atoms. The Labute approximate surface area is 116 Å². The van der Waals surface area contributed by atoms with Gasteiger partial charge in [-0.2, -0.15) is 5.10 Å². The summed E-state index contributed by atoms with van der Waals surface area (Å²) in [7, 11) is 0. The van der Waals surface area contributed by atoms with E-state index in [2.05, 4.69) is 37.0 Å². The Kier molecular flexibility index (Phi) is 4.06. The van der Waals surface area contributed by atoms with E-state index in [9.17, 15) is 0 Å². The van der Waals surface area contributed by atoms with Crippen LogP contribution in [-0.4, -0.2) is 16.4 Å². The van der Waals surface area contributed by atoms with Crippen molar-refractivity contribution in [1.29, 1.82) is 0 Å². The highest BCUT2D eigenvalue weighted by atomic mass is 79.9. The maximum Gasteiger partial charge on any atom is 0.147 e. The minimum absolute atomic E-state index is 0.544. The highest BCUT2D eigenvalue weighted by Gasteiger charge is 2.07. The van der Waals surface area contributed by atoms with Crippen molar-refractivity contribution >= 4 is 37.5 Å². The monoisotopic (exact) mass is 359 g/mol. The topological polar surface area (TPSA) is 53.1 Å². The average molecular weight is 361 g/mol. The van der Waals surface area contributed by atoms with Crippen molar-refractivity contribution in [3.05, 3.63) is 39.5 Å². The molecule has 0 saturated carbocycles. The third kappa shape index (κ3) is 3.23. The van der Waals surface area contributed by atoms with Gasteiger partial charge >= 0.3 is 0 Å². The van der Waals surface area contributed by atoms with Crippen LogP contribution < -0.4 is 10.5 Å². The van der Waals surface area contributed by atoms with Gasteiger partial charge in [0.05, 0.1) is 15.5 Å². The summed E-state index contributed by atoms with van der Waals surface area (Å²) in [5.41, 5.74) is 6.39. The molecule has 2 rings (SSSR count). The molecule has 0 spiro atoms. The van der Waals surface area contributed by atoms with Crippen LogP contribution in [0.15, 0.2) is 39.5 Å². The van der Waals surface area contributed by atoms with Gasteiger partial charge in [-0.05, 0) is 50.1 Å². The number of rotatable bonds is 4. The summed E-state index contributed by atoms with van der Waals surface area (Å²) >= 11 is 6.84. The largest absolute Gasteiger partial charge is 0.489 e. The first-order valence-electron chi connectivity index (χ1n) is 5.01. The van der Waals surface area contributed by atoms with Crippen molar-refractivity contribution in [2.75, 3.05) is 12.3 Å². The number of halogens is 2. The van der Waals surface area contributed by atoms with Crippen molar-refractivity contribution < 1.29 is 4.74 Å². The minimum Gasteiger partial charge on any atom is -0.489 e. The van der Waals surface area contributed by atoms with Gasteiger partial charge in [0, 0.05) is 18.1 Å². The van der Waals surface area contributed by atoms with Crippen LogP contribution in [0.2, 0.25) is 0 Å². The van der Waals surface area contributed by atoms with E-state index >= 15 is 0 Å². The standard InChI is InChI=1S/C11H11Br2N3O/c12-9-6-8(14)7-10(13)11(9)17-5-4-16-3-1-2-15-16/h1-3,6-7H,4-5,14H2. The lowest BCUT2D eigenvalue weighted by Gasteiger charge is -2.11. The number of hydrogen-bond acceptors (Lipinski definition) is 3. The molecule has 1 heterocycles. The van der Waals surface area contributed by atoms with E-state index in [0.29, 0.717) is 18.8 Å². The Morgan fingerprint density at radius 1 is 1.29 bits per heavy atom. The number of anilines is 1. The molecule has 0 aliphatic heterocycles. The smallest absolute Gasteiger partial charge is 0.147 e. The van der Waals surface area contributed by atoms with Gasteiger partial charge in [-0.25, -0.2) is 0 Å². The fourth-order valence-electron chi connectivity index (χ4n) is 1.39. The van der Waals surface area contributed by atoms with Gasteiger partial charge in [0.2, 0.25) is 0 Å². The second kappa shape index (κ2) is 5.55. The van der Waals surface area contributed by atoms with Gasteiger partial charge in [0.1, 0.15) is 12.4 Å². The van der Waals surface area contributed by atoms with Crippen LogP contribution in [-0.2, 0) is 6.54 Å². The van der Waals surface area contributed by atoms with Crippen molar-refractivity contribution in [3.63, 3.8) is 0 Å². The summed E-state index contributed by atoms with van der Waals surface area (Å²) in [6.07, 6.45) is 3.64. The maximum absolute atomic E-state index is 5.70. The van der Waals surface area contributed by atoms with Crippen LogP contribution >= 0.6 is 31.9 Å². The first-order valence-corrected chi connectivity index (χ1v) is 6.60. The molecule has 2 N–H and O–H groups in total. The second-order valence-electron chi connectivity index (χ2n) is 3.43. The predicted molar refractivity (Wildman–Crippen MR) is 74.0 cm³/mol. The summed E-state index contributed by atoms with van der Waals surface area (Å²) in [5.74, 6) is 0.756. The molecule has 1 aromatic heterocycles. The molecule has 0 fully saturated rings. The van der Waals surface area contributed by atoms with Crippen molar-refractivity contribution in [2.24, 2.45) is 0 Å². The van der Waals surface area contributed by atoms with Crippen LogP contribution in [0, 0.1) is 0 Å². The predicted octanol–water partition coefficient (Wildman–Crippen LogP) is 3.07. The molecule has 1 aromatic carbocycles. The molecule has 6 heteroatoms. The Balaban J connectivity index is 1.99. The number of nitrogens with zero attached hydrogens (tertiary/aromatic N) is 2. The summed E-state index contributed by atoms with van der Waals surface area (Å²) in [6, 6.07) is 5.51. The first-order chi connectivity index (χ1) is 8.16. The fraction of sp³-hybridized carbons (Fsp3) is 0.182. The zero-order valence-electron chi connectivity index (χ0n) is 8.94. The van der Waals surface area contributed by atoms with Crippen LogP contribution in [0.1, 0.15) is 0 Å². The Bertz CT molecular complexity index is 476. The van der Waals surface area contributed by atoms with Gasteiger partial charge < -0.3 is 10.5 Å². The molecule has 90 valence electrons. The molecule has 0 unspecified atom stereocenters. The molecule has 0 aliphatic rings.